The average Bonchev–Trinajstić information content (AvgIpc) is 2.88. The molecule has 3 rings (SSSR count). The van der Waals surface area contributed by atoms with E-state index in [-0.39, 0.29) is 11.7 Å². The highest BCUT2D eigenvalue weighted by atomic mass is 32.2. The molecule has 19 heavy (non-hydrogen) atoms. The van der Waals surface area contributed by atoms with Crippen molar-refractivity contribution in [2.24, 2.45) is 0 Å². The molecule has 0 unspecified atom stereocenters. The van der Waals surface area contributed by atoms with Crippen molar-refractivity contribution in [3.05, 3.63) is 40.7 Å². The zero-order valence-corrected chi connectivity index (χ0v) is 11.6. The van der Waals surface area contributed by atoms with Gasteiger partial charge >= 0.3 is 0 Å². The lowest BCUT2D eigenvalue weighted by Crippen LogP contribution is -2.22. The number of rotatable bonds is 1. The Balaban J connectivity index is 2.09. The van der Waals surface area contributed by atoms with Gasteiger partial charge < -0.3 is 4.98 Å². The van der Waals surface area contributed by atoms with Gasteiger partial charge in [0.05, 0.1) is 4.91 Å². The summed E-state index contributed by atoms with van der Waals surface area (Å²) in [5.41, 5.74) is 1.61. The summed E-state index contributed by atoms with van der Waals surface area (Å²) in [6.07, 6.45) is 3.49. The average molecular weight is 292 g/mol. The van der Waals surface area contributed by atoms with Gasteiger partial charge in [-0.1, -0.05) is 24.0 Å². The number of nitrogens with one attached hydrogen (secondary N) is 1. The van der Waals surface area contributed by atoms with E-state index in [4.69, 9.17) is 12.2 Å². The monoisotopic (exact) mass is 292 g/mol. The standard InChI is InChI=1S/C13H9FN2OS2/c1-16-12(17)11(19-13(16)18)4-7-6-15-10-3-2-8(14)5-9(7)10/h2-6,15H,1H3/b11-4+. The number of aromatic nitrogens is 1. The first kappa shape index (κ1) is 12.4. The molecule has 1 aliphatic heterocycles. The van der Waals surface area contributed by atoms with Crippen molar-refractivity contribution in [3.8, 4) is 0 Å². The Kier molecular flexibility index (Phi) is 2.91. The van der Waals surface area contributed by atoms with Crippen molar-refractivity contribution < 1.29 is 9.18 Å². The molecule has 1 fully saturated rings. The molecule has 2 aromatic rings. The van der Waals surface area contributed by atoms with Gasteiger partial charge in [-0.3, -0.25) is 9.69 Å². The summed E-state index contributed by atoms with van der Waals surface area (Å²) in [5, 5.41) is 0.751. The maximum absolute atomic E-state index is 13.3. The molecule has 1 saturated heterocycles. The fraction of sp³-hybridized carbons (Fsp3) is 0.0769. The van der Waals surface area contributed by atoms with Crippen LogP contribution in [0.25, 0.3) is 17.0 Å². The number of hydrogen-bond donors (Lipinski definition) is 1. The van der Waals surface area contributed by atoms with Gasteiger partial charge in [0.1, 0.15) is 10.1 Å². The molecule has 1 N–H and O–H groups in total. The number of nitrogens with zero attached hydrogens (tertiary/aromatic N) is 1. The van der Waals surface area contributed by atoms with Gasteiger partial charge in [0.2, 0.25) is 0 Å². The van der Waals surface area contributed by atoms with Crippen molar-refractivity contribution >= 4 is 51.2 Å². The largest absolute Gasteiger partial charge is 0.361 e. The van der Waals surface area contributed by atoms with Crippen LogP contribution in [0, 0.1) is 5.82 Å². The lowest BCUT2D eigenvalue weighted by Gasteiger charge is -2.03. The van der Waals surface area contributed by atoms with E-state index in [1.54, 1.807) is 25.4 Å². The minimum atomic E-state index is -0.301. The number of fused-ring (bicyclic) bond motifs is 1. The molecule has 2 heterocycles. The second kappa shape index (κ2) is 4.47. The maximum atomic E-state index is 13.3. The third-order valence-corrected chi connectivity index (χ3v) is 4.43. The van der Waals surface area contributed by atoms with E-state index in [0.29, 0.717) is 9.23 Å². The molecule has 1 aromatic carbocycles. The number of carbonyl (C=O) groups is 1. The van der Waals surface area contributed by atoms with Crippen LogP contribution in [-0.4, -0.2) is 27.2 Å². The van der Waals surface area contributed by atoms with E-state index in [1.807, 2.05) is 0 Å². The van der Waals surface area contributed by atoms with E-state index in [1.165, 1.54) is 28.8 Å². The van der Waals surface area contributed by atoms with E-state index < -0.39 is 0 Å². The van der Waals surface area contributed by atoms with Crippen molar-refractivity contribution in [2.45, 2.75) is 0 Å². The van der Waals surface area contributed by atoms with Crippen LogP contribution in [0.4, 0.5) is 4.39 Å². The van der Waals surface area contributed by atoms with E-state index in [2.05, 4.69) is 4.98 Å². The number of halogens is 1. The molecule has 0 bridgehead atoms. The fourth-order valence-corrected chi connectivity index (χ4v) is 3.09. The number of amides is 1. The topological polar surface area (TPSA) is 36.1 Å². The lowest BCUT2D eigenvalue weighted by molar-refractivity contribution is -0.121. The first-order chi connectivity index (χ1) is 9.06. The number of carbonyl (C=O) groups excluding carboxylic acids is 1. The molecule has 3 nitrogen and oxygen atoms in total. The van der Waals surface area contributed by atoms with Gasteiger partial charge in [-0.05, 0) is 24.3 Å². The third-order valence-electron chi connectivity index (χ3n) is 2.95. The Morgan fingerprint density at radius 1 is 1.47 bits per heavy atom. The summed E-state index contributed by atoms with van der Waals surface area (Å²) >= 11 is 6.32. The molecule has 1 amide bonds. The van der Waals surface area contributed by atoms with Crippen LogP contribution >= 0.6 is 24.0 Å². The molecule has 6 heteroatoms. The maximum Gasteiger partial charge on any atom is 0.265 e. The minimum Gasteiger partial charge on any atom is -0.361 e. The molecule has 1 aliphatic rings. The smallest absolute Gasteiger partial charge is 0.265 e. The first-order valence-electron chi connectivity index (χ1n) is 5.54. The number of hydrogen-bond acceptors (Lipinski definition) is 3. The van der Waals surface area contributed by atoms with Gasteiger partial charge in [0.15, 0.2) is 0 Å². The zero-order chi connectivity index (χ0) is 13.6. The van der Waals surface area contributed by atoms with Crippen molar-refractivity contribution in [2.75, 3.05) is 7.05 Å². The Morgan fingerprint density at radius 2 is 2.26 bits per heavy atom. The minimum absolute atomic E-state index is 0.124. The Bertz CT molecular complexity index is 735. The second-order valence-electron chi connectivity index (χ2n) is 4.17. The van der Waals surface area contributed by atoms with E-state index in [0.717, 1.165) is 16.5 Å². The fourth-order valence-electron chi connectivity index (χ4n) is 1.92. The highest BCUT2D eigenvalue weighted by molar-refractivity contribution is 8.26. The van der Waals surface area contributed by atoms with E-state index >= 15 is 0 Å². The molecular weight excluding hydrogens is 283 g/mol. The molecule has 0 aliphatic carbocycles. The SMILES string of the molecule is CN1C(=O)/C(=C\c2c[nH]c3ccc(F)cc23)SC1=S. The molecule has 0 radical (unpaired) electrons. The lowest BCUT2D eigenvalue weighted by atomic mass is 10.1. The normalized spacial score (nSPS) is 18.0. The molecule has 1 aromatic heterocycles. The van der Waals surface area contributed by atoms with Crippen LogP contribution < -0.4 is 0 Å². The summed E-state index contributed by atoms with van der Waals surface area (Å²) in [4.78, 5) is 16.9. The molecule has 0 saturated carbocycles. The van der Waals surface area contributed by atoms with Crippen molar-refractivity contribution in [1.82, 2.24) is 9.88 Å². The first-order valence-corrected chi connectivity index (χ1v) is 6.77. The number of likely N-dealkylation sites (N-methyl/N-ethyl adjacent to an activating group) is 1. The van der Waals surface area contributed by atoms with Crippen LogP contribution in [0.15, 0.2) is 29.3 Å². The zero-order valence-electron chi connectivity index (χ0n) is 9.94. The summed E-state index contributed by atoms with van der Waals surface area (Å²) in [6, 6.07) is 4.52. The predicted molar refractivity (Wildman–Crippen MR) is 79.2 cm³/mol. The Hall–Kier alpha value is -1.66. The third kappa shape index (κ3) is 2.06. The molecule has 0 atom stereocenters. The van der Waals surface area contributed by atoms with Crippen LogP contribution in [0.3, 0.4) is 0 Å². The van der Waals surface area contributed by atoms with Gasteiger partial charge in [-0.25, -0.2) is 4.39 Å². The van der Waals surface area contributed by atoms with Crippen LogP contribution in [0.2, 0.25) is 0 Å². The Morgan fingerprint density at radius 3 is 2.95 bits per heavy atom. The number of H-pyrrole nitrogens is 1. The number of thiocarbonyl (C=S) groups is 1. The van der Waals surface area contributed by atoms with E-state index in [9.17, 15) is 9.18 Å². The summed E-state index contributed by atoms with van der Waals surface area (Å²) < 4.78 is 13.8. The quantitative estimate of drug-likeness (QED) is 0.648. The van der Waals surface area contributed by atoms with Gasteiger partial charge in [-0.2, -0.15) is 0 Å². The van der Waals surface area contributed by atoms with Crippen LogP contribution in [-0.2, 0) is 4.79 Å². The molecule has 0 spiro atoms. The predicted octanol–water partition coefficient (Wildman–Crippen LogP) is 3.14. The highest BCUT2D eigenvalue weighted by Crippen LogP contribution is 2.32. The van der Waals surface area contributed by atoms with Crippen LogP contribution in [0.5, 0.6) is 0 Å². The molecular formula is C13H9FN2OS2. The summed E-state index contributed by atoms with van der Waals surface area (Å²) in [6.45, 7) is 0. The molecule has 96 valence electrons. The highest BCUT2D eigenvalue weighted by Gasteiger charge is 2.28. The van der Waals surface area contributed by atoms with Gasteiger partial charge in [0, 0.05) is 29.7 Å². The second-order valence-corrected chi connectivity index (χ2v) is 5.85. The summed E-state index contributed by atoms with van der Waals surface area (Å²) in [5.74, 6) is -0.425. The Labute approximate surface area is 118 Å². The number of aromatic amines is 1. The van der Waals surface area contributed by atoms with Gasteiger partial charge in [-0.15, -0.1) is 0 Å². The van der Waals surface area contributed by atoms with Crippen LogP contribution in [0.1, 0.15) is 5.56 Å². The van der Waals surface area contributed by atoms with Crippen molar-refractivity contribution in [3.63, 3.8) is 0 Å². The number of thioether (sulfide) groups is 1. The number of benzene rings is 1. The van der Waals surface area contributed by atoms with Gasteiger partial charge in [0.25, 0.3) is 5.91 Å². The summed E-state index contributed by atoms with van der Waals surface area (Å²) in [7, 11) is 1.65. The van der Waals surface area contributed by atoms with Crippen molar-refractivity contribution in [1.29, 1.82) is 0 Å².